The molecular weight excluding hydrogens is 490 g/mol. The van der Waals surface area contributed by atoms with E-state index in [0.717, 1.165) is 5.39 Å². The minimum Gasteiger partial charge on any atom is -0.444 e. The normalized spacial score (nSPS) is 13.6. The molecule has 0 bridgehead atoms. The number of rotatable bonds is 2. The van der Waals surface area contributed by atoms with Crippen molar-refractivity contribution in [2.24, 2.45) is 0 Å². The molecule has 0 N–H and O–H groups in total. The number of pyridine rings is 1. The van der Waals surface area contributed by atoms with Gasteiger partial charge in [0.25, 0.3) is 0 Å². The summed E-state index contributed by atoms with van der Waals surface area (Å²) in [7, 11) is 0. The summed E-state index contributed by atoms with van der Waals surface area (Å²) in [4.78, 5) is 29.0. The summed E-state index contributed by atoms with van der Waals surface area (Å²) < 4.78 is 35.1. The predicted octanol–water partition coefficient (Wildman–Crippen LogP) is 5.71. The molecule has 2 aromatic carbocycles. The minimum absolute atomic E-state index is 0.105. The Labute approximate surface area is 219 Å². The number of anilines is 1. The highest BCUT2D eigenvalue weighted by atomic mass is 19.1. The molecular formula is C28H28F2N6O2. The standard InChI is InChI=1S/C26H25F2N5O2.C2H3N/c1-26(2,3)35-25(34)33-11-9-32(10-12-33)24-20-14-29-22(21(28)23(20)30-15-31-24)18-6-4-5-16-7-8-17(27)13-19(16)18;1-2-3/h4-8,13-15H,9-12H2,1-3H3;1H3. The van der Waals surface area contributed by atoms with Gasteiger partial charge in [-0.3, -0.25) is 4.98 Å². The molecule has 1 fully saturated rings. The second-order valence-corrected chi connectivity index (χ2v) is 9.73. The minimum atomic E-state index is -0.588. The second-order valence-electron chi connectivity index (χ2n) is 9.73. The zero-order valence-electron chi connectivity index (χ0n) is 21.7. The molecule has 1 amide bonds. The van der Waals surface area contributed by atoms with E-state index in [0.29, 0.717) is 48.3 Å². The Kier molecular flexibility index (Phi) is 7.67. The fourth-order valence-electron chi connectivity index (χ4n) is 4.30. The van der Waals surface area contributed by atoms with Crippen molar-refractivity contribution in [1.29, 1.82) is 5.26 Å². The highest BCUT2D eigenvalue weighted by Crippen LogP contribution is 2.34. The molecule has 196 valence electrons. The van der Waals surface area contributed by atoms with Gasteiger partial charge in [-0.25, -0.2) is 23.5 Å². The van der Waals surface area contributed by atoms with Crippen molar-refractivity contribution in [3.8, 4) is 17.3 Å². The number of nitriles is 1. The number of halogens is 2. The fraction of sp³-hybridized carbons (Fsp3) is 0.321. The Morgan fingerprint density at radius 2 is 1.74 bits per heavy atom. The smallest absolute Gasteiger partial charge is 0.410 e. The van der Waals surface area contributed by atoms with E-state index in [4.69, 9.17) is 10.00 Å². The topological polar surface area (TPSA) is 95.2 Å². The Morgan fingerprint density at radius 3 is 2.42 bits per heavy atom. The molecule has 1 saturated heterocycles. The largest absolute Gasteiger partial charge is 0.444 e. The van der Waals surface area contributed by atoms with Crippen LogP contribution >= 0.6 is 0 Å². The third kappa shape index (κ3) is 5.62. The molecule has 0 atom stereocenters. The fourth-order valence-corrected chi connectivity index (χ4v) is 4.30. The summed E-state index contributed by atoms with van der Waals surface area (Å²) in [5, 5.41) is 9.16. The van der Waals surface area contributed by atoms with E-state index in [1.807, 2.05) is 31.7 Å². The lowest BCUT2D eigenvalue weighted by atomic mass is 10.0. The lowest BCUT2D eigenvalue weighted by Gasteiger charge is -2.36. The molecule has 1 aliphatic rings. The number of hydrogen-bond donors (Lipinski definition) is 0. The summed E-state index contributed by atoms with van der Waals surface area (Å²) in [5.41, 5.74) is 0.178. The first kappa shape index (κ1) is 26.7. The average molecular weight is 519 g/mol. The van der Waals surface area contributed by atoms with Crippen LogP contribution in [0, 0.1) is 23.0 Å². The summed E-state index contributed by atoms with van der Waals surface area (Å²) >= 11 is 0. The van der Waals surface area contributed by atoms with Gasteiger partial charge in [0.05, 0.1) is 11.5 Å². The van der Waals surface area contributed by atoms with E-state index in [2.05, 4.69) is 15.0 Å². The number of amides is 1. The number of fused-ring (bicyclic) bond motifs is 2. The van der Waals surface area contributed by atoms with E-state index >= 15 is 4.39 Å². The monoisotopic (exact) mass is 518 g/mol. The third-order valence-electron chi connectivity index (χ3n) is 5.93. The van der Waals surface area contributed by atoms with Crippen molar-refractivity contribution in [2.75, 3.05) is 31.1 Å². The van der Waals surface area contributed by atoms with Gasteiger partial charge in [-0.2, -0.15) is 5.26 Å². The summed E-state index contributed by atoms with van der Waals surface area (Å²) in [5.74, 6) is -0.433. The van der Waals surface area contributed by atoms with Crippen LogP contribution in [0.5, 0.6) is 0 Å². The van der Waals surface area contributed by atoms with Gasteiger partial charge < -0.3 is 14.5 Å². The molecule has 0 unspecified atom stereocenters. The lowest BCUT2D eigenvalue weighted by molar-refractivity contribution is 0.0240. The molecule has 1 aliphatic heterocycles. The van der Waals surface area contributed by atoms with E-state index in [1.165, 1.54) is 25.4 Å². The number of ether oxygens (including phenoxy) is 1. The van der Waals surface area contributed by atoms with Crippen LogP contribution < -0.4 is 4.90 Å². The number of piperazine rings is 1. The van der Waals surface area contributed by atoms with Gasteiger partial charge in [0.2, 0.25) is 0 Å². The summed E-state index contributed by atoms with van der Waals surface area (Å²) in [6, 6.07) is 11.5. The van der Waals surface area contributed by atoms with Crippen LogP contribution in [0.3, 0.4) is 0 Å². The maximum Gasteiger partial charge on any atom is 0.410 e. The van der Waals surface area contributed by atoms with Gasteiger partial charge in [-0.1, -0.05) is 24.3 Å². The van der Waals surface area contributed by atoms with Crippen molar-refractivity contribution in [1.82, 2.24) is 19.9 Å². The number of benzene rings is 2. The van der Waals surface area contributed by atoms with Crippen LogP contribution in [0.2, 0.25) is 0 Å². The average Bonchev–Trinajstić information content (AvgIpc) is 2.88. The Morgan fingerprint density at radius 1 is 1.03 bits per heavy atom. The molecule has 10 heteroatoms. The Balaban J connectivity index is 0.00000107. The van der Waals surface area contributed by atoms with Gasteiger partial charge in [-0.05, 0) is 43.7 Å². The van der Waals surface area contributed by atoms with Crippen molar-refractivity contribution in [2.45, 2.75) is 33.3 Å². The summed E-state index contributed by atoms with van der Waals surface area (Å²) in [6.45, 7) is 8.86. The van der Waals surface area contributed by atoms with Gasteiger partial charge in [-0.15, -0.1) is 0 Å². The van der Waals surface area contributed by atoms with Crippen molar-refractivity contribution >= 4 is 33.6 Å². The maximum atomic E-state index is 15.7. The lowest BCUT2D eigenvalue weighted by Crippen LogP contribution is -2.50. The number of carbonyl (C=O) groups excluding carboxylic acids is 1. The van der Waals surface area contributed by atoms with E-state index < -0.39 is 17.2 Å². The first-order chi connectivity index (χ1) is 18.1. The molecule has 5 rings (SSSR count). The summed E-state index contributed by atoms with van der Waals surface area (Å²) in [6.07, 6.45) is 2.53. The molecule has 3 heterocycles. The third-order valence-corrected chi connectivity index (χ3v) is 5.93. The van der Waals surface area contributed by atoms with Gasteiger partial charge in [0.1, 0.15) is 34.8 Å². The van der Waals surface area contributed by atoms with Gasteiger partial charge in [0, 0.05) is 44.9 Å². The Hall–Kier alpha value is -4.39. The first-order valence-corrected chi connectivity index (χ1v) is 12.1. The molecule has 0 aliphatic carbocycles. The molecule has 0 spiro atoms. The molecule has 0 radical (unpaired) electrons. The molecule has 38 heavy (non-hydrogen) atoms. The highest BCUT2D eigenvalue weighted by molar-refractivity contribution is 5.98. The molecule has 0 saturated carbocycles. The van der Waals surface area contributed by atoms with E-state index in [1.54, 1.807) is 35.4 Å². The number of hydrogen-bond acceptors (Lipinski definition) is 7. The van der Waals surface area contributed by atoms with Crippen molar-refractivity contribution < 1.29 is 18.3 Å². The highest BCUT2D eigenvalue weighted by Gasteiger charge is 2.27. The zero-order chi connectivity index (χ0) is 27.4. The van der Waals surface area contributed by atoms with Gasteiger partial charge in [0.15, 0.2) is 5.82 Å². The number of carbonyl (C=O) groups is 1. The van der Waals surface area contributed by atoms with Gasteiger partial charge >= 0.3 is 6.09 Å². The molecule has 8 nitrogen and oxygen atoms in total. The van der Waals surface area contributed by atoms with Crippen LogP contribution in [0.1, 0.15) is 27.7 Å². The quantitative estimate of drug-likeness (QED) is 0.335. The van der Waals surface area contributed by atoms with Crippen LogP contribution in [-0.2, 0) is 4.74 Å². The van der Waals surface area contributed by atoms with Crippen LogP contribution in [0.4, 0.5) is 19.4 Å². The van der Waals surface area contributed by atoms with Crippen molar-refractivity contribution in [3.05, 3.63) is 60.6 Å². The second kappa shape index (κ2) is 10.9. The maximum absolute atomic E-state index is 15.7. The zero-order valence-corrected chi connectivity index (χ0v) is 21.7. The Bertz CT molecular complexity index is 1520. The first-order valence-electron chi connectivity index (χ1n) is 12.1. The van der Waals surface area contributed by atoms with Crippen LogP contribution in [0.15, 0.2) is 48.9 Å². The SMILES string of the molecule is CC#N.CC(C)(C)OC(=O)N1CCN(c2ncnc3c(F)c(-c4cccc5ccc(F)cc45)ncc23)CC1. The van der Waals surface area contributed by atoms with Crippen LogP contribution in [-0.4, -0.2) is 57.7 Å². The molecule has 2 aromatic heterocycles. The number of aromatic nitrogens is 3. The van der Waals surface area contributed by atoms with E-state index in [-0.39, 0.29) is 17.3 Å². The van der Waals surface area contributed by atoms with Crippen LogP contribution in [0.25, 0.3) is 32.9 Å². The number of nitrogens with zero attached hydrogens (tertiary/aromatic N) is 6. The van der Waals surface area contributed by atoms with E-state index in [9.17, 15) is 9.18 Å². The van der Waals surface area contributed by atoms with Crippen molar-refractivity contribution in [3.63, 3.8) is 0 Å². The predicted molar refractivity (Wildman–Crippen MR) is 141 cm³/mol. The molecule has 4 aromatic rings.